The molecule has 110 valence electrons. The molecule has 0 amide bonds. The van der Waals surface area contributed by atoms with Gasteiger partial charge in [-0.15, -0.1) is 0 Å². The number of benzene rings is 2. The molecule has 2 aromatic rings. The highest BCUT2D eigenvalue weighted by atomic mass is 32.2. The first-order valence-electron chi connectivity index (χ1n) is 8.16. The van der Waals surface area contributed by atoms with Gasteiger partial charge in [0.2, 0.25) is 0 Å². The summed E-state index contributed by atoms with van der Waals surface area (Å²) in [4.78, 5) is 0. The van der Waals surface area contributed by atoms with Crippen LogP contribution in [0.25, 0.3) is 0 Å². The van der Waals surface area contributed by atoms with Gasteiger partial charge in [0.15, 0.2) is 9.84 Å². The molecule has 2 aromatic carbocycles. The Morgan fingerprint density at radius 2 is 1.24 bits per heavy atom. The van der Waals surface area contributed by atoms with Crippen LogP contribution in [0, 0.1) is 0 Å². The molecule has 2 unspecified atom stereocenters. The van der Waals surface area contributed by atoms with Crippen LogP contribution in [0.5, 0.6) is 0 Å². The fourth-order valence-electron chi connectivity index (χ4n) is 2.53. The van der Waals surface area contributed by atoms with Gasteiger partial charge in [-0.2, -0.15) is 0 Å². The van der Waals surface area contributed by atoms with Gasteiger partial charge in [0.05, 0.1) is 19.0 Å². The monoisotopic (exact) mass is 305 g/mol. The standard InChI is InChI=1S/C17H18O3S/c18-17-15(13-7-3-1-4-8-13)11-21(19,20)12-16(17)14-9-5-2-6-10-14/h1-10,15-18H,11-12H2/i15D,16D,17D. The Kier molecular flexibility index (Phi) is 2.94. The van der Waals surface area contributed by atoms with E-state index in [0.29, 0.717) is 0 Å². The van der Waals surface area contributed by atoms with Crippen LogP contribution in [0.3, 0.4) is 0 Å². The smallest absolute Gasteiger partial charge is 0.151 e. The lowest BCUT2D eigenvalue weighted by Crippen LogP contribution is -2.41. The van der Waals surface area contributed by atoms with E-state index in [-0.39, 0.29) is 11.1 Å². The van der Waals surface area contributed by atoms with Gasteiger partial charge in [-0.3, -0.25) is 0 Å². The third kappa shape index (κ3) is 3.01. The van der Waals surface area contributed by atoms with Crippen molar-refractivity contribution in [3.05, 3.63) is 71.8 Å². The molecule has 0 aromatic heterocycles. The predicted octanol–water partition coefficient (Wildman–Crippen LogP) is 2.34. The van der Waals surface area contributed by atoms with Gasteiger partial charge in [-0.1, -0.05) is 60.7 Å². The normalized spacial score (nSPS) is 40.7. The van der Waals surface area contributed by atoms with Crippen molar-refractivity contribution in [2.75, 3.05) is 11.5 Å². The molecule has 0 bridgehead atoms. The summed E-state index contributed by atoms with van der Waals surface area (Å²) in [6, 6.07) is 16.0. The maximum Gasteiger partial charge on any atom is 0.151 e. The van der Waals surface area contributed by atoms with Crippen LogP contribution in [0.15, 0.2) is 60.7 Å². The minimum Gasteiger partial charge on any atom is -0.392 e. The number of rotatable bonds is 2. The lowest BCUT2D eigenvalue weighted by Gasteiger charge is -2.35. The van der Waals surface area contributed by atoms with Gasteiger partial charge in [-0.25, -0.2) is 8.42 Å². The molecule has 0 spiro atoms. The van der Waals surface area contributed by atoms with Gasteiger partial charge in [0, 0.05) is 14.5 Å². The van der Waals surface area contributed by atoms with E-state index < -0.39 is 39.2 Å². The molecule has 4 heteroatoms. The van der Waals surface area contributed by atoms with Crippen LogP contribution >= 0.6 is 0 Å². The second-order valence-corrected chi connectivity index (χ2v) is 7.13. The zero-order chi connectivity index (χ0) is 17.6. The van der Waals surface area contributed by atoms with Crippen molar-refractivity contribution in [1.82, 2.24) is 0 Å². The Bertz CT molecular complexity index is 776. The van der Waals surface area contributed by atoms with Crippen LogP contribution in [0.1, 0.15) is 27.0 Å². The third-order valence-electron chi connectivity index (χ3n) is 3.54. The Hall–Kier alpha value is -1.65. The summed E-state index contributed by atoms with van der Waals surface area (Å²) in [5, 5.41) is 11.0. The van der Waals surface area contributed by atoms with E-state index in [1.807, 2.05) is 0 Å². The van der Waals surface area contributed by atoms with Crippen LogP contribution in [-0.4, -0.2) is 31.1 Å². The van der Waals surface area contributed by atoms with Gasteiger partial charge in [0.1, 0.15) is 0 Å². The Morgan fingerprint density at radius 1 is 0.857 bits per heavy atom. The SMILES string of the molecule is [2H]C1(c2ccccc2)CS(=O)(=O)CC([2H])(c2ccccc2)C1([2H])O. The average molecular weight is 305 g/mol. The number of hydrogen-bond donors (Lipinski definition) is 1. The maximum atomic E-state index is 12.5. The van der Waals surface area contributed by atoms with E-state index in [9.17, 15) is 13.5 Å². The molecule has 1 fully saturated rings. The van der Waals surface area contributed by atoms with E-state index >= 15 is 0 Å². The first-order valence-corrected chi connectivity index (χ1v) is 8.48. The lowest BCUT2D eigenvalue weighted by molar-refractivity contribution is 0.121. The third-order valence-corrected chi connectivity index (χ3v) is 5.00. The second kappa shape index (κ2) is 5.62. The molecule has 2 atom stereocenters. The highest BCUT2D eigenvalue weighted by molar-refractivity contribution is 7.91. The van der Waals surface area contributed by atoms with Crippen molar-refractivity contribution in [1.29, 1.82) is 0 Å². The molecule has 21 heavy (non-hydrogen) atoms. The molecule has 3 rings (SSSR count). The summed E-state index contributed by atoms with van der Waals surface area (Å²) in [7, 11) is -3.82. The van der Waals surface area contributed by atoms with E-state index in [4.69, 9.17) is 4.11 Å². The van der Waals surface area contributed by atoms with Crippen molar-refractivity contribution in [3.63, 3.8) is 0 Å². The van der Waals surface area contributed by atoms with Crippen LogP contribution < -0.4 is 0 Å². The number of hydrogen-bond acceptors (Lipinski definition) is 3. The molecule has 1 saturated heterocycles. The summed E-state index contributed by atoms with van der Waals surface area (Å²) in [6.45, 7) is 0. The van der Waals surface area contributed by atoms with Gasteiger partial charge in [-0.05, 0) is 11.1 Å². The van der Waals surface area contributed by atoms with Crippen LogP contribution in [0.2, 0.25) is 0 Å². The predicted molar refractivity (Wildman–Crippen MR) is 83.0 cm³/mol. The zero-order valence-electron chi connectivity index (χ0n) is 14.4. The van der Waals surface area contributed by atoms with Crippen molar-refractivity contribution < 1.29 is 17.6 Å². The van der Waals surface area contributed by atoms with Gasteiger partial charge >= 0.3 is 0 Å². The number of sulfone groups is 1. The maximum absolute atomic E-state index is 12.5. The topological polar surface area (TPSA) is 54.4 Å². The van der Waals surface area contributed by atoms with E-state index in [1.165, 1.54) is 24.3 Å². The molecule has 1 heterocycles. The fourth-order valence-corrected chi connectivity index (χ4v) is 4.12. The van der Waals surface area contributed by atoms with Crippen molar-refractivity contribution in [2.45, 2.75) is 17.9 Å². The summed E-state index contributed by atoms with van der Waals surface area (Å²) in [5.41, 5.74) is 0.414. The summed E-state index contributed by atoms with van der Waals surface area (Å²) in [6.07, 6.45) is -2.64. The Balaban J connectivity index is 2.26. The van der Waals surface area contributed by atoms with Crippen molar-refractivity contribution in [2.24, 2.45) is 0 Å². The quantitative estimate of drug-likeness (QED) is 0.926. The van der Waals surface area contributed by atoms with Crippen molar-refractivity contribution in [3.8, 4) is 0 Å². The first-order chi connectivity index (χ1) is 11.1. The molecular formula is C17H18O3S. The minimum absolute atomic E-state index is 0.207. The second-order valence-electron chi connectivity index (χ2n) is 5.07. The van der Waals surface area contributed by atoms with E-state index in [2.05, 4.69) is 0 Å². The largest absolute Gasteiger partial charge is 0.392 e. The van der Waals surface area contributed by atoms with E-state index in [1.54, 1.807) is 36.4 Å². The molecule has 1 aliphatic heterocycles. The van der Waals surface area contributed by atoms with E-state index in [0.717, 1.165) is 0 Å². The summed E-state index contributed by atoms with van der Waals surface area (Å²) in [5.74, 6) is -5.72. The summed E-state index contributed by atoms with van der Waals surface area (Å²) < 4.78 is 50.8. The molecule has 1 aliphatic rings. The highest BCUT2D eigenvalue weighted by Crippen LogP contribution is 2.37. The van der Waals surface area contributed by atoms with Crippen LogP contribution in [-0.2, 0) is 9.84 Å². The molecule has 0 saturated carbocycles. The molecular weight excluding hydrogens is 284 g/mol. The lowest BCUT2D eigenvalue weighted by atomic mass is 9.83. The first kappa shape index (κ1) is 11.0. The van der Waals surface area contributed by atoms with Gasteiger partial charge in [0.25, 0.3) is 0 Å². The molecule has 0 aliphatic carbocycles. The Labute approximate surface area is 129 Å². The molecule has 0 radical (unpaired) electrons. The van der Waals surface area contributed by atoms with Crippen molar-refractivity contribution >= 4 is 9.84 Å². The van der Waals surface area contributed by atoms with Crippen LogP contribution in [0.4, 0.5) is 0 Å². The summed E-state index contributed by atoms with van der Waals surface area (Å²) >= 11 is 0. The molecule has 3 nitrogen and oxygen atoms in total. The zero-order valence-corrected chi connectivity index (χ0v) is 12.2. The fraction of sp³-hybridized carbons (Fsp3) is 0.294. The number of aliphatic hydroxyl groups is 1. The van der Waals surface area contributed by atoms with Gasteiger partial charge < -0.3 is 5.11 Å². The molecule has 1 N–H and O–H groups in total. The average Bonchev–Trinajstić information content (AvgIpc) is 2.54. The Morgan fingerprint density at radius 3 is 1.62 bits per heavy atom. The minimum atomic E-state index is -3.82. The highest BCUT2D eigenvalue weighted by Gasteiger charge is 2.40.